The topological polar surface area (TPSA) is 21.3 Å². The van der Waals surface area contributed by atoms with Gasteiger partial charge in [0, 0.05) is 29.0 Å². The SMILES string of the molecule is CC1(COc2cccc3c2CCCN3)CCCSC1. The Bertz CT molecular complexity index is 440. The standard InChI is InChI=1S/C16H23NOS/c1-16(8-4-10-19-12-16)11-18-15-7-2-6-14-13(15)5-3-9-17-14/h2,6-7,17H,3-5,8-12H2,1H3. The maximum atomic E-state index is 6.19. The summed E-state index contributed by atoms with van der Waals surface area (Å²) in [6.07, 6.45) is 4.98. The lowest BCUT2D eigenvalue weighted by Crippen LogP contribution is -2.31. The number of rotatable bonds is 3. The Hall–Kier alpha value is -0.830. The van der Waals surface area contributed by atoms with Crippen LogP contribution in [0.3, 0.4) is 0 Å². The van der Waals surface area contributed by atoms with E-state index in [1.807, 2.05) is 0 Å². The summed E-state index contributed by atoms with van der Waals surface area (Å²) in [5.74, 6) is 3.65. The molecular formula is C16H23NOS. The lowest BCUT2D eigenvalue weighted by atomic mass is 9.88. The van der Waals surface area contributed by atoms with E-state index >= 15 is 0 Å². The molecule has 3 rings (SSSR count). The molecule has 0 aromatic heterocycles. The molecule has 19 heavy (non-hydrogen) atoms. The van der Waals surface area contributed by atoms with Gasteiger partial charge in [0.25, 0.3) is 0 Å². The molecular weight excluding hydrogens is 254 g/mol. The molecule has 1 fully saturated rings. The van der Waals surface area contributed by atoms with Crippen molar-refractivity contribution in [2.24, 2.45) is 5.41 Å². The number of hydrogen-bond donors (Lipinski definition) is 1. The van der Waals surface area contributed by atoms with Crippen LogP contribution in [0.2, 0.25) is 0 Å². The predicted octanol–water partition coefficient (Wildman–Crippen LogP) is 3.96. The van der Waals surface area contributed by atoms with Gasteiger partial charge in [-0.3, -0.25) is 0 Å². The van der Waals surface area contributed by atoms with Crippen molar-refractivity contribution in [3.63, 3.8) is 0 Å². The average molecular weight is 277 g/mol. The van der Waals surface area contributed by atoms with E-state index in [1.54, 1.807) is 0 Å². The summed E-state index contributed by atoms with van der Waals surface area (Å²) >= 11 is 2.07. The number of ether oxygens (including phenoxy) is 1. The normalized spacial score (nSPS) is 26.4. The molecule has 1 aromatic rings. The quantitative estimate of drug-likeness (QED) is 0.903. The molecule has 2 aliphatic heterocycles. The molecule has 104 valence electrons. The van der Waals surface area contributed by atoms with Crippen molar-refractivity contribution < 1.29 is 4.74 Å². The Labute approximate surface area is 120 Å². The van der Waals surface area contributed by atoms with Crippen molar-refractivity contribution in [1.82, 2.24) is 0 Å². The number of hydrogen-bond acceptors (Lipinski definition) is 3. The fourth-order valence-corrected chi connectivity index (χ4v) is 4.18. The minimum Gasteiger partial charge on any atom is -0.493 e. The summed E-state index contributed by atoms with van der Waals surface area (Å²) in [7, 11) is 0. The summed E-state index contributed by atoms with van der Waals surface area (Å²) in [6, 6.07) is 6.40. The molecule has 0 radical (unpaired) electrons. The maximum absolute atomic E-state index is 6.19. The molecule has 1 aromatic carbocycles. The fraction of sp³-hybridized carbons (Fsp3) is 0.625. The van der Waals surface area contributed by atoms with Crippen molar-refractivity contribution in [3.8, 4) is 5.75 Å². The van der Waals surface area contributed by atoms with Gasteiger partial charge in [-0.2, -0.15) is 11.8 Å². The lowest BCUT2D eigenvalue weighted by Gasteiger charge is -2.33. The van der Waals surface area contributed by atoms with Gasteiger partial charge >= 0.3 is 0 Å². The van der Waals surface area contributed by atoms with Gasteiger partial charge in [0.2, 0.25) is 0 Å². The maximum Gasteiger partial charge on any atom is 0.124 e. The van der Waals surface area contributed by atoms with E-state index in [0.717, 1.165) is 25.3 Å². The molecule has 0 saturated carbocycles. The first-order valence-corrected chi connectivity index (χ1v) is 8.49. The van der Waals surface area contributed by atoms with Crippen LogP contribution in [0.4, 0.5) is 5.69 Å². The second kappa shape index (κ2) is 5.66. The van der Waals surface area contributed by atoms with Crippen LogP contribution in [-0.4, -0.2) is 24.7 Å². The van der Waals surface area contributed by atoms with E-state index in [2.05, 4.69) is 42.2 Å². The van der Waals surface area contributed by atoms with E-state index < -0.39 is 0 Å². The Kier molecular flexibility index (Phi) is 3.92. The van der Waals surface area contributed by atoms with Crippen molar-refractivity contribution in [2.75, 3.05) is 30.0 Å². The smallest absolute Gasteiger partial charge is 0.124 e. The third kappa shape index (κ3) is 3.02. The lowest BCUT2D eigenvalue weighted by molar-refractivity contribution is 0.169. The molecule has 0 bridgehead atoms. The Morgan fingerprint density at radius 2 is 2.32 bits per heavy atom. The van der Waals surface area contributed by atoms with E-state index in [4.69, 9.17) is 4.74 Å². The summed E-state index contributed by atoms with van der Waals surface area (Å²) in [4.78, 5) is 0. The van der Waals surface area contributed by atoms with E-state index in [9.17, 15) is 0 Å². The van der Waals surface area contributed by atoms with Gasteiger partial charge < -0.3 is 10.1 Å². The molecule has 0 aliphatic carbocycles. The van der Waals surface area contributed by atoms with Crippen LogP contribution in [0.25, 0.3) is 0 Å². The molecule has 1 unspecified atom stereocenters. The first-order chi connectivity index (χ1) is 9.27. The highest BCUT2D eigenvalue weighted by molar-refractivity contribution is 7.99. The number of fused-ring (bicyclic) bond motifs is 1. The number of thioether (sulfide) groups is 1. The van der Waals surface area contributed by atoms with Gasteiger partial charge in [0.15, 0.2) is 0 Å². The minimum absolute atomic E-state index is 0.355. The zero-order valence-corrected chi connectivity index (χ0v) is 12.5. The average Bonchev–Trinajstić information content (AvgIpc) is 2.46. The first kappa shape index (κ1) is 13.2. The highest BCUT2D eigenvalue weighted by Gasteiger charge is 2.28. The molecule has 1 saturated heterocycles. The molecule has 3 heteroatoms. The van der Waals surface area contributed by atoms with E-state index in [1.165, 1.54) is 42.0 Å². The van der Waals surface area contributed by atoms with Gasteiger partial charge in [0.1, 0.15) is 5.75 Å². The van der Waals surface area contributed by atoms with Crippen molar-refractivity contribution in [2.45, 2.75) is 32.6 Å². The second-order valence-corrected chi connectivity index (χ2v) is 7.17. The zero-order chi connectivity index (χ0) is 13.1. The summed E-state index contributed by atoms with van der Waals surface area (Å²) in [5.41, 5.74) is 3.00. The first-order valence-electron chi connectivity index (χ1n) is 7.33. The minimum atomic E-state index is 0.355. The van der Waals surface area contributed by atoms with Crippen LogP contribution in [0.5, 0.6) is 5.75 Å². The summed E-state index contributed by atoms with van der Waals surface area (Å²) in [5, 5.41) is 3.47. The van der Waals surface area contributed by atoms with E-state index in [-0.39, 0.29) is 0 Å². The zero-order valence-electron chi connectivity index (χ0n) is 11.7. The molecule has 2 heterocycles. The fourth-order valence-electron chi connectivity index (χ4n) is 2.97. The van der Waals surface area contributed by atoms with Crippen LogP contribution in [0.1, 0.15) is 31.7 Å². The monoisotopic (exact) mass is 277 g/mol. The molecule has 2 nitrogen and oxygen atoms in total. The third-order valence-corrected chi connectivity index (χ3v) is 5.63. The number of benzene rings is 1. The Morgan fingerprint density at radius 3 is 3.16 bits per heavy atom. The highest BCUT2D eigenvalue weighted by Crippen LogP contribution is 2.36. The molecule has 2 aliphatic rings. The predicted molar refractivity (Wildman–Crippen MR) is 83.4 cm³/mol. The number of anilines is 1. The molecule has 0 amide bonds. The molecule has 0 spiro atoms. The van der Waals surface area contributed by atoms with Crippen molar-refractivity contribution >= 4 is 17.4 Å². The van der Waals surface area contributed by atoms with Crippen LogP contribution in [0, 0.1) is 5.41 Å². The van der Waals surface area contributed by atoms with Gasteiger partial charge in [-0.1, -0.05) is 13.0 Å². The third-order valence-electron chi connectivity index (χ3n) is 4.15. The van der Waals surface area contributed by atoms with Crippen molar-refractivity contribution in [3.05, 3.63) is 23.8 Å². The Balaban J connectivity index is 1.69. The van der Waals surface area contributed by atoms with Crippen molar-refractivity contribution in [1.29, 1.82) is 0 Å². The van der Waals surface area contributed by atoms with Crippen LogP contribution < -0.4 is 10.1 Å². The number of nitrogens with one attached hydrogen (secondary N) is 1. The summed E-state index contributed by atoms with van der Waals surface area (Å²) < 4.78 is 6.19. The van der Waals surface area contributed by atoms with Crippen LogP contribution in [0.15, 0.2) is 18.2 Å². The van der Waals surface area contributed by atoms with Crippen LogP contribution in [-0.2, 0) is 6.42 Å². The largest absolute Gasteiger partial charge is 0.493 e. The van der Waals surface area contributed by atoms with Crippen LogP contribution >= 0.6 is 11.8 Å². The van der Waals surface area contributed by atoms with Gasteiger partial charge in [-0.25, -0.2) is 0 Å². The highest BCUT2D eigenvalue weighted by atomic mass is 32.2. The van der Waals surface area contributed by atoms with Gasteiger partial charge in [0.05, 0.1) is 6.61 Å². The van der Waals surface area contributed by atoms with Gasteiger partial charge in [-0.15, -0.1) is 0 Å². The molecule has 1 N–H and O–H groups in total. The van der Waals surface area contributed by atoms with E-state index in [0.29, 0.717) is 5.41 Å². The Morgan fingerprint density at radius 1 is 1.37 bits per heavy atom. The molecule has 1 atom stereocenters. The summed E-state index contributed by atoms with van der Waals surface area (Å²) in [6.45, 7) is 4.31. The van der Waals surface area contributed by atoms with Gasteiger partial charge in [-0.05, 0) is 43.6 Å². The second-order valence-electron chi connectivity index (χ2n) is 6.07.